The SMILES string of the molecule is CCC/C=C/C(C)=N\OC. The first-order chi connectivity index (χ1) is 4.81. The zero-order chi connectivity index (χ0) is 7.82. The van der Waals surface area contributed by atoms with E-state index in [4.69, 9.17) is 0 Å². The molecule has 2 heteroatoms. The summed E-state index contributed by atoms with van der Waals surface area (Å²) in [5.41, 5.74) is 0.913. The van der Waals surface area contributed by atoms with Crippen LogP contribution in [-0.2, 0) is 4.84 Å². The summed E-state index contributed by atoms with van der Waals surface area (Å²) in [4.78, 5) is 4.57. The van der Waals surface area contributed by atoms with Crippen LogP contribution in [0, 0.1) is 0 Å². The first-order valence-electron chi connectivity index (χ1n) is 3.55. The van der Waals surface area contributed by atoms with Crippen molar-refractivity contribution < 1.29 is 4.84 Å². The molecule has 0 bridgehead atoms. The highest BCUT2D eigenvalue weighted by atomic mass is 16.6. The van der Waals surface area contributed by atoms with Crippen molar-refractivity contribution >= 4 is 5.71 Å². The molecule has 0 aromatic rings. The second-order valence-corrected chi connectivity index (χ2v) is 2.11. The maximum Gasteiger partial charge on any atom is 0.106 e. The van der Waals surface area contributed by atoms with E-state index in [-0.39, 0.29) is 0 Å². The van der Waals surface area contributed by atoms with Gasteiger partial charge in [0.2, 0.25) is 0 Å². The second-order valence-electron chi connectivity index (χ2n) is 2.11. The summed E-state index contributed by atoms with van der Waals surface area (Å²) in [6.45, 7) is 4.06. The molecule has 10 heavy (non-hydrogen) atoms. The first-order valence-corrected chi connectivity index (χ1v) is 3.55. The van der Waals surface area contributed by atoms with Crippen LogP contribution in [0.1, 0.15) is 26.7 Å². The Balaban J connectivity index is 3.55. The van der Waals surface area contributed by atoms with Crippen molar-refractivity contribution in [2.75, 3.05) is 7.11 Å². The molecule has 0 aliphatic heterocycles. The number of nitrogens with zero attached hydrogens (tertiary/aromatic N) is 1. The number of oxime groups is 1. The highest BCUT2D eigenvalue weighted by Crippen LogP contribution is 1.89. The highest BCUT2D eigenvalue weighted by Gasteiger charge is 1.80. The Morgan fingerprint density at radius 3 is 2.80 bits per heavy atom. The molecule has 0 aromatic carbocycles. The topological polar surface area (TPSA) is 21.6 Å². The molecule has 0 fully saturated rings. The lowest BCUT2D eigenvalue weighted by molar-refractivity contribution is 0.213. The molecule has 0 amide bonds. The monoisotopic (exact) mass is 141 g/mol. The number of allylic oxidation sites excluding steroid dienone is 2. The Hall–Kier alpha value is -0.790. The van der Waals surface area contributed by atoms with Gasteiger partial charge < -0.3 is 4.84 Å². The van der Waals surface area contributed by atoms with Crippen molar-refractivity contribution in [3.63, 3.8) is 0 Å². The molecule has 0 unspecified atom stereocenters. The minimum Gasteiger partial charge on any atom is -0.399 e. The van der Waals surface area contributed by atoms with Gasteiger partial charge >= 0.3 is 0 Å². The van der Waals surface area contributed by atoms with Gasteiger partial charge in [0.1, 0.15) is 7.11 Å². The summed E-state index contributed by atoms with van der Waals surface area (Å²) in [6.07, 6.45) is 6.35. The molecule has 0 aliphatic rings. The summed E-state index contributed by atoms with van der Waals surface area (Å²) in [6, 6.07) is 0. The lowest BCUT2D eigenvalue weighted by Gasteiger charge is -1.89. The fraction of sp³-hybridized carbons (Fsp3) is 0.625. The van der Waals surface area contributed by atoms with E-state index in [2.05, 4.69) is 23.0 Å². The summed E-state index contributed by atoms with van der Waals surface area (Å²) in [7, 11) is 1.55. The van der Waals surface area contributed by atoms with Crippen molar-refractivity contribution in [1.82, 2.24) is 0 Å². The molecule has 58 valence electrons. The van der Waals surface area contributed by atoms with Gasteiger partial charge in [0, 0.05) is 0 Å². The zero-order valence-electron chi connectivity index (χ0n) is 6.92. The third kappa shape index (κ3) is 5.35. The first kappa shape index (κ1) is 9.21. The minimum atomic E-state index is 0.913. The van der Waals surface area contributed by atoms with Gasteiger partial charge in [-0.2, -0.15) is 0 Å². The average molecular weight is 141 g/mol. The van der Waals surface area contributed by atoms with E-state index < -0.39 is 0 Å². The number of hydrogen-bond acceptors (Lipinski definition) is 2. The van der Waals surface area contributed by atoms with Crippen molar-refractivity contribution in [1.29, 1.82) is 0 Å². The zero-order valence-corrected chi connectivity index (χ0v) is 6.92. The average Bonchev–Trinajstić information content (AvgIpc) is 1.89. The molecule has 0 saturated carbocycles. The highest BCUT2D eigenvalue weighted by molar-refractivity contribution is 5.92. The van der Waals surface area contributed by atoms with E-state index in [1.807, 2.05) is 13.0 Å². The molecule has 2 nitrogen and oxygen atoms in total. The van der Waals surface area contributed by atoms with Crippen LogP contribution in [0.15, 0.2) is 17.3 Å². The van der Waals surface area contributed by atoms with Crippen LogP contribution < -0.4 is 0 Å². The lowest BCUT2D eigenvalue weighted by atomic mass is 10.3. The molecule has 0 N–H and O–H groups in total. The van der Waals surface area contributed by atoms with Crippen LogP contribution in [-0.4, -0.2) is 12.8 Å². The van der Waals surface area contributed by atoms with E-state index in [0.29, 0.717) is 0 Å². The second kappa shape index (κ2) is 6.33. The predicted octanol–water partition coefficient (Wildman–Crippen LogP) is 2.37. The molecule has 0 atom stereocenters. The van der Waals surface area contributed by atoms with Gasteiger partial charge in [-0.05, 0) is 19.4 Å². The van der Waals surface area contributed by atoms with Gasteiger partial charge in [0.15, 0.2) is 0 Å². The molecule has 0 radical (unpaired) electrons. The van der Waals surface area contributed by atoms with Crippen LogP contribution >= 0.6 is 0 Å². The Bertz CT molecular complexity index is 127. The van der Waals surface area contributed by atoms with Crippen molar-refractivity contribution in [3.05, 3.63) is 12.2 Å². The normalized spacial score (nSPS) is 12.5. The number of hydrogen-bond donors (Lipinski definition) is 0. The molecular weight excluding hydrogens is 126 g/mol. The van der Waals surface area contributed by atoms with Crippen LogP contribution in [0.3, 0.4) is 0 Å². The van der Waals surface area contributed by atoms with Crippen molar-refractivity contribution in [3.8, 4) is 0 Å². The van der Waals surface area contributed by atoms with E-state index in [0.717, 1.165) is 12.1 Å². The minimum absolute atomic E-state index is 0.913. The van der Waals surface area contributed by atoms with Gasteiger partial charge in [0.25, 0.3) is 0 Å². The lowest BCUT2D eigenvalue weighted by Crippen LogP contribution is -1.84. The van der Waals surface area contributed by atoms with Gasteiger partial charge in [-0.1, -0.05) is 24.6 Å². The van der Waals surface area contributed by atoms with Crippen LogP contribution in [0.2, 0.25) is 0 Å². The van der Waals surface area contributed by atoms with Crippen molar-refractivity contribution in [2.24, 2.45) is 5.16 Å². The molecule has 0 rings (SSSR count). The van der Waals surface area contributed by atoms with Gasteiger partial charge in [-0.3, -0.25) is 0 Å². The summed E-state index contributed by atoms with van der Waals surface area (Å²) in [5, 5.41) is 3.73. The molecule has 0 aromatic heterocycles. The van der Waals surface area contributed by atoms with Crippen LogP contribution in [0.5, 0.6) is 0 Å². The Morgan fingerprint density at radius 1 is 1.60 bits per heavy atom. The number of rotatable bonds is 4. The van der Waals surface area contributed by atoms with E-state index in [1.54, 1.807) is 7.11 Å². The molecule has 0 saturated heterocycles. The molecule has 0 heterocycles. The predicted molar refractivity (Wildman–Crippen MR) is 44.2 cm³/mol. The third-order valence-electron chi connectivity index (χ3n) is 1.05. The maximum atomic E-state index is 4.57. The summed E-state index contributed by atoms with van der Waals surface area (Å²) in [5.74, 6) is 0. The van der Waals surface area contributed by atoms with Gasteiger partial charge in [0.05, 0.1) is 5.71 Å². The van der Waals surface area contributed by atoms with Crippen LogP contribution in [0.4, 0.5) is 0 Å². The fourth-order valence-electron chi connectivity index (χ4n) is 0.595. The smallest absolute Gasteiger partial charge is 0.106 e. The molecule has 0 aliphatic carbocycles. The molecule has 0 spiro atoms. The largest absolute Gasteiger partial charge is 0.399 e. The Kier molecular flexibility index (Phi) is 5.83. The fourth-order valence-corrected chi connectivity index (χ4v) is 0.595. The van der Waals surface area contributed by atoms with Gasteiger partial charge in [-0.25, -0.2) is 0 Å². The maximum absolute atomic E-state index is 4.57. The quantitative estimate of drug-likeness (QED) is 0.435. The number of unbranched alkanes of at least 4 members (excludes halogenated alkanes) is 1. The summed E-state index contributed by atoms with van der Waals surface area (Å²) >= 11 is 0. The van der Waals surface area contributed by atoms with Crippen LogP contribution in [0.25, 0.3) is 0 Å². The summed E-state index contributed by atoms with van der Waals surface area (Å²) < 4.78 is 0. The Labute approximate surface area is 62.6 Å². The third-order valence-corrected chi connectivity index (χ3v) is 1.05. The van der Waals surface area contributed by atoms with E-state index in [9.17, 15) is 0 Å². The standard InChI is InChI=1S/C8H15NO/c1-4-5-6-7-8(2)9-10-3/h6-7H,4-5H2,1-3H3/b7-6+,9-8-. The van der Waals surface area contributed by atoms with E-state index in [1.165, 1.54) is 6.42 Å². The Morgan fingerprint density at radius 2 is 2.30 bits per heavy atom. The van der Waals surface area contributed by atoms with Crippen molar-refractivity contribution in [2.45, 2.75) is 26.7 Å². The van der Waals surface area contributed by atoms with E-state index >= 15 is 0 Å². The molecular formula is C8H15NO. The van der Waals surface area contributed by atoms with Gasteiger partial charge in [-0.15, -0.1) is 0 Å².